The Labute approximate surface area is 178 Å². The molecule has 0 amide bonds. The Morgan fingerprint density at radius 2 is 1.90 bits per heavy atom. The number of fused-ring (bicyclic) bond motifs is 2. The summed E-state index contributed by atoms with van der Waals surface area (Å²) in [5.41, 5.74) is 0.831. The molecule has 0 N–H and O–H groups in total. The zero-order valence-corrected chi connectivity index (χ0v) is 17.4. The normalized spacial score (nSPS) is 11.2. The Kier molecular flexibility index (Phi) is 5.29. The fourth-order valence-corrected chi connectivity index (χ4v) is 3.56. The van der Waals surface area contributed by atoms with Crippen molar-refractivity contribution in [2.75, 3.05) is 6.61 Å². The van der Waals surface area contributed by atoms with Gasteiger partial charge in [-0.3, -0.25) is 14.8 Å². The number of carbonyl (C=O) groups is 1. The molecule has 0 aliphatic rings. The van der Waals surface area contributed by atoms with Crippen molar-refractivity contribution in [3.8, 4) is 11.6 Å². The molecule has 8 nitrogen and oxygen atoms in total. The number of hydrogen-bond donors (Lipinski definition) is 0. The zero-order valence-electron chi connectivity index (χ0n) is 17.4. The maximum Gasteiger partial charge on any atom is 0.349 e. The molecule has 0 saturated heterocycles. The lowest BCUT2D eigenvalue weighted by Crippen LogP contribution is -2.12. The quantitative estimate of drug-likeness (QED) is 0.239. The van der Waals surface area contributed by atoms with Crippen molar-refractivity contribution in [1.82, 2.24) is 9.78 Å². The molecule has 0 bridgehead atoms. The number of nitrogens with zero attached hydrogens (tertiary/aromatic N) is 3. The van der Waals surface area contributed by atoms with Gasteiger partial charge in [0.2, 0.25) is 5.88 Å². The molecule has 31 heavy (non-hydrogen) atoms. The SMILES string of the molecule is CCOc1ccc2ccccc2c1C(=O)Oc1nn(C(C)C)c2ccc([N+](=O)[O-])cc12. The van der Waals surface area contributed by atoms with E-state index in [1.54, 1.807) is 16.8 Å². The first-order chi connectivity index (χ1) is 14.9. The summed E-state index contributed by atoms with van der Waals surface area (Å²) in [4.78, 5) is 24.0. The highest BCUT2D eigenvalue weighted by molar-refractivity contribution is 6.08. The summed E-state index contributed by atoms with van der Waals surface area (Å²) in [7, 11) is 0. The van der Waals surface area contributed by atoms with Gasteiger partial charge in [0, 0.05) is 18.2 Å². The van der Waals surface area contributed by atoms with Crippen LogP contribution in [0, 0.1) is 10.1 Å². The molecule has 0 saturated carbocycles. The van der Waals surface area contributed by atoms with Crippen molar-refractivity contribution < 1.29 is 19.2 Å². The molecule has 0 unspecified atom stereocenters. The first-order valence-electron chi connectivity index (χ1n) is 9.94. The summed E-state index contributed by atoms with van der Waals surface area (Å²) < 4.78 is 13.0. The lowest BCUT2D eigenvalue weighted by Gasteiger charge is -2.12. The van der Waals surface area contributed by atoms with Gasteiger partial charge in [0.25, 0.3) is 5.69 Å². The van der Waals surface area contributed by atoms with Gasteiger partial charge < -0.3 is 9.47 Å². The van der Waals surface area contributed by atoms with Crippen LogP contribution >= 0.6 is 0 Å². The van der Waals surface area contributed by atoms with Gasteiger partial charge in [-0.2, -0.15) is 0 Å². The van der Waals surface area contributed by atoms with E-state index in [0.717, 1.165) is 5.39 Å². The average molecular weight is 419 g/mol. The number of non-ortho nitro benzene ring substituents is 1. The molecular weight excluding hydrogens is 398 g/mol. The minimum Gasteiger partial charge on any atom is -0.493 e. The van der Waals surface area contributed by atoms with E-state index >= 15 is 0 Å². The number of carbonyl (C=O) groups excluding carboxylic acids is 1. The standard InChI is InChI=1S/C23H21N3O5/c1-4-30-20-12-9-15-7-5-6-8-17(15)21(20)23(27)31-22-18-13-16(26(28)29)10-11-19(18)25(24-22)14(2)3/h5-14H,4H2,1-3H3. The number of nitro groups is 1. The van der Waals surface area contributed by atoms with Crippen LogP contribution < -0.4 is 9.47 Å². The second-order valence-corrected chi connectivity index (χ2v) is 7.28. The van der Waals surface area contributed by atoms with Crippen molar-refractivity contribution >= 4 is 33.3 Å². The third-order valence-electron chi connectivity index (χ3n) is 4.94. The fourth-order valence-electron chi connectivity index (χ4n) is 3.56. The second kappa shape index (κ2) is 8.06. The minimum atomic E-state index is -0.637. The highest BCUT2D eigenvalue weighted by Crippen LogP contribution is 2.33. The average Bonchev–Trinajstić information content (AvgIpc) is 3.11. The molecule has 0 aliphatic heterocycles. The van der Waals surface area contributed by atoms with E-state index in [-0.39, 0.29) is 23.2 Å². The molecule has 1 aromatic heterocycles. The molecule has 4 aromatic rings. The summed E-state index contributed by atoms with van der Waals surface area (Å²) in [6, 6.07) is 15.4. The second-order valence-electron chi connectivity index (χ2n) is 7.28. The van der Waals surface area contributed by atoms with Crippen LogP contribution in [0.15, 0.2) is 54.6 Å². The van der Waals surface area contributed by atoms with Crippen molar-refractivity contribution in [3.63, 3.8) is 0 Å². The minimum absolute atomic E-state index is 0.0211. The van der Waals surface area contributed by atoms with E-state index in [9.17, 15) is 14.9 Å². The molecule has 0 aliphatic carbocycles. The number of esters is 1. The monoisotopic (exact) mass is 419 g/mol. The lowest BCUT2D eigenvalue weighted by molar-refractivity contribution is -0.384. The van der Waals surface area contributed by atoms with E-state index in [4.69, 9.17) is 9.47 Å². The first-order valence-corrected chi connectivity index (χ1v) is 9.94. The summed E-state index contributed by atoms with van der Waals surface area (Å²) in [5.74, 6) is -0.209. The van der Waals surface area contributed by atoms with Crippen molar-refractivity contribution in [1.29, 1.82) is 0 Å². The van der Waals surface area contributed by atoms with Gasteiger partial charge >= 0.3 is 5.97 Å². The van der Waals surface area contributed by atoms with Gasteiger partial charge in [-0.15, -0.1) is 5.10 Å². The molecule has 0 atom stereocenters. The summed E-state index contributed by atoms with van der Waals surface area (Å²) in [6.07, 6.45) is 0. The van der Waals surface area contributed by atoms with Crippen LogP contribution in [0.2, 0.25) is 0 Å². The maximum absolute atomic E-state index is 13.3. The zero-order chi connectivity index (χ0) is 22.1. The molecule has 0 spiro atoms. The van der Waals surface area contributed by atoms with Gasteiger partial charge in [0.05, 0.1) is 22.4 Å². The number of ether oxygens (including phenoxy) is 2. The van der Waals surface area contributed by atoms with Gasteiger partial charge in [-0.25, -0.2) is 4.79 Å². The van der Waals surface area contributed by atoms with Crippen molar-refractivity contribution in [3.05, 3.63) is 70.3 Å². The number of benzene rings is 3. The smallest absolute Gasteiger partial charge is 0.349 e. The van der Waals surface area contributed by atoms with Crippen LogP contribution in [-0.2, 0) is 0 Å². The van der Waals surface area contributed by atoms with E-state index in [1.165, 1.54) is 12.1 Å². The molecular formula is C23H21N3O5. The van der Waals surface area contributed by atoms with E-state index in [2.05, 4.69) is 5.10 Å². The fraction of sp³-hybridized carbons (Fsp3) is 0.217. The third kappa shape index (κ3) is 3.68. The van der Waals surface area contributed by atoms with Gasteiger partial charge in [-0.1, -0.05) is 30.3 Å². The van der Waals surface area contributed by atoms with Crippen LogP contribution in [0.5, 0.6) is 11.6 Å². The number of aromatic nitrogens is 2. The van der Waals surface area contributed by atoms with E-state index in [1.807, 2.05) is 51.1 Å². The predicted molar refractivity (Wildman–Crippen MR) is 117 cm³/mol. The van der Waals surface area contributed by atoms with Crippen LogP contribution in [0.25, 0.3) is 21.7 Å². The maximum atomic E-state index is 13.3. The number of hydrogen-bond acceptors (Lipinski definition) is 6. The third-order valence-corrected chi connectivity index (χ3v) is 4.94. The van der Waals surface area contributed by atoms with Crippen molar-refractivity contribution in [2.24, 2.45) is 0 Å². The highest BCUT2D eigenvalue weighted by atomic mass is 16.6. The largest absolute Gasteiger partial charge is 0.493 e. The van der Waals surface area contributed by atoms with Crippen LogP contribution in [0.3, 0.4) is 0 Å². The number of nitro benzene ring substituents is 1. The molecule has 8 heteroatoms. The highest BCUT2D eigenvalue weighted by Gasteiger charge is 2.23. The lowest BCUT2D eigenvalue weighted by atomic mass is 10.0. The first kappa shape index (κ1) is 20.3. The summed E-state index contributed by atoms with van der Waals surface area (Å²) in [6.45, 7) is 6.08. The van der Waals surface area contributed by atoms with Gasteiger partial charge in [0.15, 0.2) is 0 Å². The van der Waals surface area contributed by atoms with Crippen LogP contribution in [0.1, 0.15) is 37.2 Å². The topological polar surface area (TPSA) is 96.5 Å². The Morgan fingerprint density at radius 3 is 2.61 bits per heavy atom. The van der Waals surface area contributed by atoms with Gasteiger partial charge in [-0.05, 0) is 43.7 Å². The molecule has 0 radical (unpaired) electrons. The predicted octanol–water partition coefficient (Wildman–Crippen LogP) is 5.30. The van der Waals surface area contributed by atoms with Crippen LogP contribution in [0.4, 0.5) is 5.69 Å². The summed E-state index contributed by atoms with van der Waals surface area (Å²) >= 11 is 0. The van der Waals surface area contributed by atoms with E-state index in [0.29, 0.717) is 28.6 Å². The molecule has 158 valence electrons. The molecule has 4 rings (SSSR count). The molecule has 0 fully saturated rings. The Balaban J connectivity index is 1.85. The number of rotatable bonds is 6. The van der Waals surface area contributed by atoms with Gasteiger partial charge in [0.1, 0.15) is 11.3 Å². The Hall–Kier alpha value is -3.94. The molecule has 3 aromatic carbocycles. The summed E-state index contributed by atoms with van der Waals surface area (Å²) in [5, 5.41) is 17.6. The van der Waals surface area contributed by atoms with E-state index < -0.39 is 10.9 Å². The Bertz CT molecular complexity index is 1310. The van der Waals surface area contributed by atoms with Crippen LogP contribution in [-0.4, -0.2) is 27.3 Å². The molecule has 1 heterocycles. The van der Waals surface area contributed by atoms with Crippen molar-refractivity contribution in [2.45, 2.75) is 26.8 Å². The Morgan fingerprint density at radius 1 is 1.13 bits per heavy atom.